The highest BCUT2D eigenvalue weighted by molar-refractivity contribution is 9.09. The first-order valence-electron chi connectivity index (χ1n) is 6.99. The number of para-hydroxylation sites is 1. The van der Waals surface area contributed by atoms with E-state index < -0.39 is 0 Å². The minimum Gasteiger partial charge on any atom is -0.311 e. The molecule has 3 heteroatoms. The predicted molar refractivity (Wildman–Crippen MR) is 84.3 cm³/mol. The monoisotopic (exact) mass is 323 g/mol. The lowest BCUT2D eigenvalue weighted by Gasteiger charge is -2.26. The molecule has 1 atom stereocenters. The number of hydrogen-bond donors (Lipinski definition) is 0. The third-order valence-electron chi connectivity index (χ3n) is 3.69. The molecule has 0 bridgehead atoms. The van der Waals surface area contributed by atoms with E-state index in [1.54, 1.807) is 0 Å². The lowest BCUT2D eigenvalue weighted by atomic mass is 9.92. The molecule has 0 N–H and O–H groups in total. The van der Waals surface area contributed by atoms with E-state index in [1.807, 2.05) is 4.90 Å². The molecule has 1 aromatic carbocycles. The van der Waals surface area contributed by atoms with Crippen molar-refractivity contribution in [2.24, 2.45) is 0 Å². The normalized spacial score (nSPS) is 19.8. The maximum absolute atomic E-state index is 12.2. The summed E-state index contributed by atoms with van der Waals surface area (Å²) in [4.78, 5) is 14.5. The van der Waals surface area contributed by atoms with Gasteiger partial charge in [-0.3, -0.25) is 4.79 Å². The first-order chi connectivity index (χ1) is 8.91. The second-order valence-corrected chi connectivity index (χ2v) is 7.20. The van der Waals surface area contributed by atoms with Crippen molar-refractivity contribution >= 4 is 27.5 Å². The molecule has 1 aliphatic heterocycles. The summed E-state index contributed by atoms with van der Waals surface area (Å²) in [6.45, 7) is 9.54. The van der Waals surface area contributed by atoms with Crippen LogP contribution in [0.1, 0.15) is 57.1 Å². The largest absolute Gasteiger partial charge is 0.311 e. The van der Waals surface area contributed by atoms with Gasteiger partial charge in [0, 0.05) is 17.8 Å². The maximum atomic E-state index is 12.2. The molecule has 0 spiro atoms. The Kier molecular flexibility index (Phi) is 4.34. The molecule has 2 nitrogen and oxygen atoms in total. The van der Waals surface area contributed by atoms with Crippen molar-refractivity contribution < 1.29 is 4.79 Å². The van der Waals surface area contributed by atoms with Crippen LogP contribution in [0.15, 0.2) is 18.2 Å². The zero-order valence-electron chi connectivity index (χ0n) is 12.1. The van der Waals surface area contributed by atoms with Crippen LogP contribution in [0.25, 0.3) is 0 Å². The number of halogens is 1. The summed E-state index contributed by atoms with van der Waals surface area (Å²) in [5.41, 5.74) is 3.71. The number of benzene rings is 1. The summed E-state index contributed by atoms with van der Waals surface area (Å²) < 4.78 is 0. The summed E-state index contributed by atoms with van der Waals surface area (Å²) in [6, 6.07) is 6.42. The fourth-order valence-electron chi connectivity index (χ4n) is 2.70. The molecule has 0 aromatic heterocycles. The topological polar surface area (TPSA) is 20.3 Å². The highest BCUT2D eigenvalue weighted by atomic mass is 79.9. The van der Waals surface area contributed by atoms with Crippen LogP contribution in [0.3, 0.4) is 0 Å². The van der Waals surface area contributed by atoms with E-state index in [2.05, 4.69) is 61.8 Å². The van der Waals surface area contributed by atoms with Gasteiger partial charge >= 0.3 is 0 Å². The van der Waals surface area contributed by atoms with Crippen LogP contribution < -0.4 is 4.90 Å². The van der Waals surface area contributed by atoms with Gasteiger partial charge in [-0.15, -0.1) is 0 Å². The molecule has 19 heavy (non-hydrogen) atoms. The molecule has 0 saturated carbocycles. The number of alkyl halides is 1. The van der Waals surface area contributed by atoms with Gasteiger partial charge < -0.3 is 4.90 Å². The molecule has 1 aliphatic rings. The number of carbonyl (C=O) groups is 1. The van der Waals surface area contributed by atoms with Crippen molar-refractivity contribution in [2.75, 3.05) is 11.4 Å². The number of nitrogens with zero attached hydrogens (tertiary/aromatic N) is 1. The van der Waals surface area contributed by atoms with Gasteiger partial charge in [-0.05, 0) is 23.0 Å². The van der Waals surface area contributed by atoms with Crippen molar-refractivity contribution in [3.8, 4) is 0 Å². The molecule has 0 aliphatic carbocycles. The number of hydrogen-bond acceptors (Lipinski definition) is 1. The number of amides is 1. The highest BCUT2D eigenvalue weighted by Crippen LogP contribution is 2.38. The second kappa shape index (κ2) is 5.66. The Morgan fingerprint density at radius 3 is 2.05 bits per heavy atom. The third-order valence-corrected chi connectivity index (χ3v) is 4.30. The van der Waals surface area contributed by atoms with E-state index in [9.17, 15) is 4.79 Å². The first kappa shape index (κ1) is 14.6. The Balaban J connectivity index is 2.55. The van der Waals surface area contributed by atoms with Gasteiger partial charge in [0.15, 0.2) is 0 Å². The van der Waals surface area contributed by atoms with Crippen molar-refractivity contribution in [1.82, 2.24) is 0 Å². The van der Waals surface area contributed by atoms with Crippen LogP contribution in [0.5, 0.6) is 0 Å². The van der Waals surface area contributed by atoms with Crippen LogP contribution >= 0.6 is 15.9 Å². The lowest BCUT2D eigenvalue weighted by Crippen LogP contribution is -2.27. The Labute approximate surface area is 124 Å². The Hall–Kier alpha value is -0.830. The van der Waals surface area contributed by atoms with Crippen LogP contribution in [0.2, 0.25) is 0 Å². The van der Waals surface area contributed by atoms with Crippen molar-refractivity contribution in [1.29, 1.82) is 0 Å². The highest BCUT2D eigenvalue weighted by Gasteiger charge is 2.32. The van der Waals surface area contributed by atoms with E-state index in [0.717, 1.165) is 12.2 Å². The fraction of sp³-hybridized carbons (Fsp3) is 0.562. The minimum atomic E-state index is 0.233. The van der Waals surface area contributed by atoms with Gasteiger partial charge in [0.25, 0.3) is 0 Å². The van der Waals surface area contributed by atoms with Crippen LogP contribution in [-0.4, -0.2) is 17.3 Å². The average Bonchev–Trinajstić information content (AvgIpc) is 2.67. The summed E-state index contributed by atoms with van der Waals surface area (Å²) in [5.74, 6) is 1.09. The second-order valence-electron chi connectivity index (χ2n) is 5.90. The Morgan fingerprint density at radius 2 is 1.68 bits per heavy atom. The molecule has 1 fully saturated rings. The molecule has 2 rings (SSSR count). The zero-order chi connectivity index (χ0) is 14.2. The molecule has 0 radical (unpaired) electrons. The SMILES string of the molecule is CC(C)c1cccc(C(C)C)c1N1CC(Br)CC1=O. The number of carbonyl (C=O) groups excluding carboxylic acids is 1. The molecule has 1 saturated heterocycles. The molecular formula is C16H22BrNO. The van der Waals surface area contributed by atoms with Crippen molar-refractivity contribution in [2.45, 2.75) is 50.8 Å². The standard InChI is InChI=1S/C16H22BrNO/c1-10(2)13-6-5-7-14(11(3)4)16(13)18-9-12(17)8-15(18)19/h5-7,10-12H,8-9H2,1-4H3. The summed E-state index contributed by atoms with van der Waals surface area (Å²) >= 11 is 3.58. The Bertz CT molecular complexity index is 455. The Morgan fingerprint density at radius 1 is 1.16 bits per heavy atom. The van der Waals surface area contributed by atoms with E-state index in [-0.39, 0.29) is 10.7 Å². The third kappa shape index (κ3) is 2.86. The number of anilines is 1. The van der Waals surface area contributed by atoms with E-state index in [1.165, 1.54) is 11.1 Å². The van der Waals surface area contributed by atoms with E-state index in [0.29, 0.717) is 18.3 Å². The van der Waals surface area contributed by atoms with Crippen LogP contribution in [0.4, 0.5) is 5.69 Å². The van der Waals surface area contributed by atoms with Gasteiger partial charge in [0.1, 0.15) is 0 Å². The van der Waals surface area contributed by atoms with Gasteiger partial charge in [-0.25, -0.2) is 0 Å². The lowest BCUT2D eigenvalue weighted by molar-refractivity contribution is -0.117. The summed E-state index contributed by atoms with van der Waals surface area (Å²) in [5, 5.41) is 0. The fourth-order valence-corrected chi connectivity index (χ4v) is 3.27. The van der Waals surface area contributed by atoms with Gasteiger partial charge in [0.05, 0.1) is 5.69 Å². The quantitative estimate of drug-likeness (QED) is 0.753. The molecule has 1 unspecified atom stereocenters. The van der Waals surface area contributed by atoms with Gasteiger partial charge in [-0.2, -0.15) is 0 Å². The zero-order valence-corrected chi connectivity index (χ0v) is 13.7. The minimum absolute atomic E-state index is 0.233. The smallest absolute Gasteiger partial charge is 0.228 e. The van der Waals surface area contributed by atoms with Crippen molar-refractivity contribution in [3.05, 3.63) is 29.3 Å². The van der Waals surface area contributed by atoms with E-state index in [4.69, 9.17) is 0 Å². The van der Waals surface area contributed by atoms with E-state index >= 15 is 0 Å². The number of rotatable bonds is 3. The predicted octanol–water partition coefficient (Wildman–Crippen LogP) is 4.43. The molecular weight excluding hydrogens is 302 g/mol. The average molecular weight is 324 g/mol. The van der Waals surface area contributed by atoms with Gasteiger partial charge in [-0.1, -0.05) is 61.8 Å². The van der Waals surface area contributed by atoms with Crippen LogP contribution in [-0.2, 0) is 4.79 Å². The van der Waals surface area contributed by atoms with Crippen LogP contribution in [0, 0.1) is 0 Å². The van der Waals surface area contributed by atoms with Crippen molar-refractivity contribution in [3.63, 3.8) is 0 Å². The summed E-state index contributed by atoms with van der Waals surface area (Å²) in [7, 11) is 0. The van der Waals surface area contributed by atoms with Gasteiger partial charge in [0.2, 0.25) is 5.91 Å². The molecule has 1 aromatic rings. The molecule has 1 heterocycles. The molecule has 1 amide bonds. The first-order valence-corrected chi connectivity index (χ1v) is 7.90. The maximum Gasteiger partial charge on any atom is 0.228 e. The summed E-state index contributed by atoms with van der Waals surface area (Å²) in [6.07, 6.45) is 0.601. The molecule has 104 valence electrons.